The van der Waals surface area contributed by atoms with Crippen molar-refractivity contribution in [2.75, 3.05) is 19.6 Å². The molecular weight excluding hydrogens is 314 g/mol. The second kappa shape index (κ2) is 8.09. The molecule has 24 heavy (non-hydrogen) atoms. The summed E-state index contributed by atoms with van der Waals surface area (Å²) >= 11 is 0. The fraction of sp³-hybridized carbons (Fsp3) is 0.375. The van der Waals surface area contributed by atoms with Crippen molar-refractivity contribution in [3.63, 3.8) is 0 Å². The summed E-state index contributed by atoms with van der Waals surface area (Å²) in [7, 11) is 0. The van der Waals surface area contributed by atoms with Gasteiger partial charge in [0.1, 0.15) is 0 Å². The maximum atomic E-state index is 12.1. The van der Waals surface area contributed by atoms with Crippen LogP contribution in [0, 0.1) is 0 Å². The van der Waals surface area contributed by atoms with Gasteiger partial charge in [0.15, 0.2) is 0 Å². The summed E-state index contributed by atoms with van der Waals surface area (Å²) in [6, 6.07) is 6.27. The summed E-state index contributed by atoms with van der Waals surface area (Å²) in [5.74, 6) is -1.53. The van der Waals surface area contributed by atoms with Crippen LogP contribution in [0.4, 0.5) is 4.79 Å². The SMILES string of the molecule is O=C(O)CCCNC(=O)NCCCN1C(=O)c2ccccc2C1=O. The number of hydrogen-bond donors (Lipinski definition) is 3. The van der Waals surface area contributed by atoms with E-state index in [0.29, 0.717) is 30.5 Å². The molecule has 0 aromatic heterocycles. The number of nitrogens with zero attached hydrogens (tertiary/aromatic N) is 1. The van der Waals surface area contributed by atoms with Crippen LogP contribution in [0.2, 0.25) is 0 Å². The highest BCUT2D eigenvalue weighted by Crippen LogP contribution is 2.22. The Kier molecular flexibility index (Phi) is 5.89. The first-order chi connectivity index (χ1) is 11.5. The zero-order chi connectivity index (χ0) is 17.5. The zero-order valence-corrected chi connectivity index (χ0v) is 13.1. The second-order valence-electron chi connectivity index (χ2n) is 5.34. The Hall–Kier alpha value is -2.90. The van der Waals surface area contributed by atoms with Crippen molar-refractivity contribution < 1.29 is 24.3 Å². The van der Waals surface area contributed by atoms with Gasteiger partial charge in [0.2, 0.25) is 0 Å². The van der Waals surface area contributed by atoms with Gasteiger partial charge >= 0.3 is 12.0 Å². The molecule has 0 fully saturated rings. The van der Waals surface area contributed by atoms with E-state index in [0.717, 1.165) is 0 Å². The minimum Gasteiger partial charge on any atom is -0.481 e. The van der Waals surface area contributed by atoms with Crippen molar-refractivity contribution in [3.8, 4) is 0 Å². The first-order valence-corrected chi connectivity index (χ1v) is 7.69. The fourth-order valence-electron chi connectivity index (χ4n) is 2.39. The Labute approximate surface area is 138 Å². The predicted molar refractivity (Wildman–Crippen MR) is 84.7 cm³/mol. The van der Waals surface area contributed by atoms with E-state index in [2.05, 4.69) is 10.6 Å². The molecule has 0 saturated heterocycles. The molecular formula is C16H19N3O5. The van der Waals surface area contributed by atoms with Gasteiger partial charge in [-0.1, -0.05) is 12.1 Å². The van der Waals surface area contributed by atoms with Crippen LogP contribution in [-0.4, -0.2) is 53.5 Å². The minimum atomic E-state index is -0.904. The smallest absolute Gasteiger partial charge is 0.314 e. The van der Waals surface area contributed by atoms with Crippen molar-refractivity contribution in [3.05, 3.63) is 35.4 Å². The van der Waals surface area contributed by atoms with Crippen LogP contribution >= 0.6 is 0 Å². The number of carbonyl (C=O) groups excluding carboxylic acids is 3. The molecule has 8 nitrogen and oxygen atoms in total. The summed E-state index contributed by atoms with van der Waals surface area (Å²) < 4.78 is 0. The van der Waals surface area contributed by atoms with Crippen LogP contribution in [-0.2, 0) is 4.79 Å². The van der Waals surface area contributed by atoms with E-state index in [9.17, 15) is 19.2 Å². The molecule has 3 N–H and O–H groups in total. The van der Waals surface area contributed by atoms with Crippen LogP contribution in [0.25, 0.3) is 0 Å². The molecule has 1 heterocycles. The number of rotatable bonds is 8. The summed E-state index contributed by atoms with van der Waals surface area (Å²) in [5.41, 5.74) is 0.818. The number of amides is 4. The molecule has 2 rings (SSSR count). The highest BCUT2D eigenvalue weighted by Gasteiger charge is 2.34. The van der Waals surface area contributed by atoms with Gasteiger partial charge in [-0.2, -0.15) is 0 Å². The van der Waals surface area contributed by atoms with Gasteiger partial charge in [-0.05, 0) is 25.0 Å². The maximum Gasteiger partial charge on any atom is 0.314 e. The van der Waals surface area contributed by atoms with Gasteiger partial charge in [0, 0.05) is 26.1 Å². The van der Waals surface area contributed by atoms with Gasteiger partial charge in [0.25, 0.3) is 11.8 Å². The van der Waals surface area contributed by atoms with Gasteiger partial charge in [-0.3, -0.25) is 19.3 Å². The highest BCUT2D eigenvalue weighted by atomic mass is 16.4. The molecule has 0 atom stereocenters. The molecule has 1 aromatic carbocycles. The molecule has 1 aliphatic heterocycles. The Morgan fingerprint density at radius 2 is 1.50 bits per heavy atom. The van der Waals surface area contributed by atoms with E-state index < -0.39 is 12.0 Å². The Morgan fingerprint density at radius 1 is 0.958 bits per heavy atom. The van der Waals surface area contributed by atoms with E-state index in [-0.39, 0.29) is 31.3 Å². The molecule has 4 amide bonds. The number of benzene rings is 1. The van der Waals surface area contributed by atoms with Crippen LogP contribution in [0.1, 0.15) is 40.0 Å². The lowest BCUT2D eigenvalue weighted by atomic mass is 10.1. The maximum absolute atomic E-state index is 12.1. The third-order valence-electron chi connectivity index (χ3n) is 3.58. The van der Waals surface area contributed by atoms with Gasteiger partial charge in [-0.15, -0.1) is 0 Å². The molecule has 1 aromatic rings. The van der Waals surface area contributed by atoms with Gasteiger partial charge < -0.3 is 15.7 Å². The predicted octanol–water partition coefficient (Wildman–Crippen LogP) is 0.837. The number of imide groups is 1. The Bertz CT molecular complexity index is 624. The van der Waals surface area contributed by atoms with E-state index >= 15 is 0 Å². The number of hydrogen-bond acceptors (Lipinski definition) is 4. The molecule has 0 spiro atoms. The monoisotopic (exact) mass is 333 g/mol. The number of fused-ring (bicyclic) bond motifs is 1. The average molecular weight is 333 g/mol. The first-order valence-electron chi connectivity index (χ1n) is 7.69. The average Bonchev–Trinajstić information content (AvgIpc) is 2.80. The van der Waals surface area contributed by atoms with E-state index in [1.807, 2.05) is 0 Å². The molecule has 1 aliphatic rings. The lowest BCUT2D eigenvalue weighted by Gasteiger charge is -2.14. The van der Waals surface area contributed by atoms with Gasteiger partial charge in [-0.25, -0.2) is 4.79 Å². The lowest BCUT2D eigenvalue weighted by Crippen LogP contribution is -2.38. The van der Waals surface area contributed by atoms with Crippen molar-refractivity contribution in [1.29, 1.82) is 0 Å². The molecule has 0 radical (unpaired) electrons. The van der Waals surface area contributed by atoms with Crippen LogP contribution in [0.5, 0.6) is 0 Å². The quantitative estimate of drug-likeness (QED) is 0.481. The minimum absolute atomic E-state index is 0.0000223. The van der Waals surface area contributed by atoms with Crippen LogP contribution in [0.3, 0.4) is 0 Å². The third kappa shape index (κ3) is 4.31. The van der Waals surface area contributed by atoms with Crippen molar-refractivity contribution in [2.45, 2.75) is 19.3 Å². The number of carbonyl (C=O) groups is 4. The Balaban J connectivity index is 1.66. The topological polar surface area (TPSA) is 116 Å². The molecule has 0 unspecified atom stereocenters. The number of carboxylic acids is 1. The first kappa shape index (κ1) is 17.5. The highest BCUT2D eigenvalue weighted by molar-refractivity contribution is 6.21. The molecule has 0 saturated carbocycles. The number of nitrogens with one attached hydrogen (secondary N) is 2. The van der Waals surface area contributed by atoms with Crippen LogP contribution < -0.4 is 10.6 Å². The number of aliphatic carboxylic acids is 1. The van der Waals surface area contributed by atoms with E-state index in [1.54, 1.807) is 24.3 Å². The number of carboxylic acid groups (broad SMARTS) is 1. The van der Waals surface area contributed by atoms with E-state index in [4.69, 9.17) is 5.11 Å². The van der Waals surface area contributed by atoms with Crippen molar-refractivity contribution in [1.82, 2.24) is 15.5 Å². The summed E-state index contributed by atoms with van der Waals surface area (Å²) in [4.78, 5) is 47.2. The second-order valence-corrected chi connectivity index (χ2v) is 5.34. The zero-order valence-electron chi connectivity index (χ0n) is 13.1. The van der Waals surface area contributed by atoms with Crippen LogP contribution in [0.15, 0.2) is 24.3 Å². The standard InChI is InChI=1S/C16H19N3O5/c20-13(21)7-3-8-17-16(24)18-9-4-10-19-14(22)11-5-1-2-6-12(11)15(19)23/h1-2,5-6H,3-4,7-10H2,(H,20,21)(H2,17,18,24). The molecule has 0 aliphatic carbocycles. The fourth-order valence-corrected chi connectivity index (χ4v) is 2.39. The summed E-state index contributed by atoms with van der Waals surface area (Å²) in [6.07, 6.45) is 0.797. The molecule has 128 valence electrons. The largest absolute Gasteiger partial charge is 0.481 e. The van der Waals surface area contributed by atoms with Crippen molar-refractivity contribution >= 4 is 23.8 Å². The molecule has 8 heteroatoms. The van der Waals surface area contributed by atoms with Gasteiger partial charge in [0.05, 0.1) is 11.1 Å². The summed E-state index contributed by atoms with van der Waals surface area (Å²) in [5, 5.41) is 13.6. The lowest BCUT2D eigenvalue weighted by molar-refractivity contribution is -0.137. The van der Waals surface area contributed by atoms with E-state index in [1.165, 1.54) is 4.90 Å². The normalized spacial score (nSPS) is 12.9. The number of urea groups is 1. The molecule has 0 bridgehead atoms. The van der Waals surface area contributed by atoms with Crippen molar-refractivity contribution in [2.24, 2.45) is 0 Å². The summed E-state index contributed by atoms with van der Waals surface area (Å²) in [6.45, 7) is 0.806. The Morgan fingerprint density at radius 3 is 2.04 bits per heavy atom. The third-order valence-corrected chi connectivity index (χ3v) is 3.58.